The molecule has 0 spiro atoms. The number of ether oxygens (including phenoxy) is 1. The molecule has 0 aliphatic heterocycles. The Morgan fingerprint density at radius 1 is 1.28 bits per heavy atom. The van der Waals surface area contributed by atoms with Gasteiger partial charge in [0.15, 0.2) is 0 Å². The molecule has 94 valence electrons. The van der Waals surface area contributed by atoms with Crippen LogP contribution in [0.4, 0.5) is 0 Å². The molecule has 0 aliphatic rings. The maximum atomic E-state index is 9.25. The van der Waals surface area contributed by atoms with E-state index in [4.69, 9.17) is 4.74 Å². The predicted molar refractivity (Wildman–Crippen MR) is 73.2 cm³/mol. The third-order valence-corrected chi connectivity index (χ3v) is 3.28. The molecule has 4 heteroatoms. The van der Waals surface area contributed by atoms with E-state index < -0.39 is 0 Å². The molecular formula is C14H15NO2S. The second-order valence-electron chi connectivity index (χ2n) is 3.87. The van der Waals surface area contributed by atoms with Crippen molar-refractivity contribution in [2.24, 2.45) is 0 Å². The highest BCUT2D eigenvalue weighted by molar-refractivity contribution is 7.98. The minimum Gasteiger partial charge on any atom is -0.457 e. The van der Waals surface area contributed by atoms with Crippen molar-refractivity contribution in [2.45, 2.75) is 18.4 Å². The molecule has 2 aromatic rings. The highest BCUT2D eigenvalue weighted by Crippen LogP contribution is 2.27. The number of aromatic nitrogens is 1. The van der Waals surface area contributed by atoms with E-state index in [1.807, 2.05) is 43.5 Å². The van der Waals surface area contributed by atoms with Crippen LogP contribution >= 0.6 is 11.8 Å². The number of hydrogen-bond acceptors (Lipinski definition) is 4. The smallest absolute Gasteiger partial charge is 0.136 e. The van der Waals surface area contributed by atoms with E-state index in [1.54, 1.807) is 18.0 Å². The standard InChI is InChI=1S/C14H15NO2S/c1-10-7-14(11(9-16)8-15-10)17-12-3-5-13(18-2)6-4-12/h3-8,16H,9H2,1-2H3. The van der Waals surface area contributed by atoms with Crippen LogP contribution in [0.25, 0.3) is 0 Å². The van der Waals surface area contributed by atoms with Crippen LogP contribution in [0.3, 0.4) is 0 Å². The molecule has 0 atom stereocenters. The lowest BCUT2D eigenvalue weighted by molar-refractivity contribution is 0.276. The van der Waals surface area contributed by atoms with E-state index in [-0.39, 0.29) is 6.61 Å². The Morgan fingerprint density at radius 3 is 2.61 bits per heavy atom. The lowest BCUT2D eigenvalue weighted by atomic mass is 10.2. The van der Waals surface area contributed by atoms with Crippen LogP contribution in [-0.2, 0) is 6.61 Å². The predicted octanol–water partition coefficient (Wildman–Crippen LogP) is 3.40. The maximum absolute atomic E-state index is 9.25. The monoisotopic (exact) mass is 261 g/mol. The number of pyridine rings is 1. The molecule has 1 N–H and O–H groups in total. The van der Waals surface area contributed by atoms with Crippen molar-refractivity contribution in [2.75, 3.05) is 6.26 Å². The lowest BCUT2D eigenvalue weighted by Crippen LogP contribution is -1.94. The number of rotatable bonds is 4. The second kappa shape index (κ2) is 5.89. The van der Waals surface area contributed by atoms with Crippen LogP contribution in [0.1, 0.15) is 11.3 Å². The van der Waals surface area contributed by atoms with Gasteiger partial charge in [-0.2, -0.15) is 0 Å². The normalized spacial score (nSPS) is 10.4. The molecule has 0 saturated heterocycles. The number of aryl methyl sites for hydroxylation is 1. The zero-order valence-corrected chi connectivity index (χ0v) is 11.2. The van der Waals surface area contributed by atoms with Gasteiger partial charge in [0, 0.05) is 28.4 Å². The molecular weight excluding hydrogens is 246 g/mol. The molecule has 2 rings (SSSR count). The van der Waals surface area contributed by atoms with Crippen molar-refractivity contribution in [3.63, 3.8) is 0 Å². The number of hydrogen-bond donors (Lipinski definition) is 1. The average molecular weight is 261 g/mol. The summed E-state index contributed by atoms with van der Waals surface area (Å²) in [6, 6.07) is 9.68. The molecule has 0 bridgehead atoms. The van der Waals surface area contributed by atoms with Crippen molar-refractivity contribution in [3.8, 4) is 11.5 Å². The molecule has 1 heterocycles. The minimum absolute atomic E-state index is 0.0779. The summed E-state index contributed by atoms with van der Waals surface area (Å²) in [5.74, 6) is 1.41. The molecule has 0 radical (unpaired) electrons. The fourth-order valence-corrected chi connectivity index (χ4v) is 1.96. The molecule has 0 fully saturated rings. The van der Waals surface area contributed by atoms with Gasteiger partial charge in [-0.25, -0.2) is 0 Å². The zero-order valence-electron chi connectivity index (χ0n) is 10.4. The number of nitrogens with zero attached hydrogens (tertiary/aromatic N) is 1. The zero-order chi connectivity index (χ0) is 13.0. The van der Waals surface area contributed by atoms with Gasteiger partial charge in [0.25, 0.3) is 0 Å². The first-order valence-corrected chi connectivity index (χ1v) is 6.83. The molecule has 0 aliphatic carbocycles. The Kier molecular flexibility index (Phi) is 4.23. The van der Waals surface area contributed by atoms with Crippen molar-refractivity contribution < 1.29 is 9.84 Å². The van der Waals surface area contributed by atoms with Crippen molar-refractivity contribution in [1.82, 2.24) is 4.98 Å². The Bertz CT molecular complexity index is 526. The summed E-state index contributed by atoms with van der Waals surface area (Å²) in [5, 5.41) is 9.25. The van der Waals surface area contributed by atoms with E-state index in [9.17, 15) is 5.11 Å². The number of aliphatic hydroxyl groups excluding tert-OH is 1. The van der Waals surface area contributed by atoms with E-state index >= 15 is 0 Å². The van der Waals surface area contributed by atoms with Crippen LogP contribution in [0.15, 0.2) is 41.4 Å². The summed E-state index contributed by atoms with van der Waals surface area (Å²) in [4.78, 5) is 5.33. The van der Waals surface area contributed by atoms with Gasteiger partial charge >= 0.3 is 0 Å². The lowest BCUT2D eigenvalue weighted by Gasteiger charge is -2.10. The highest BCUT2D eigenvalue weighted by Gasteiger charge is 2.05. The third-order valence-electron chi connectivity index (χ3n) is 2.54. The minimum atomic E-state index is -0.0779. The van der Waals surface area contributed by atoms with Crippen LogP contribution in [-0.4, -0.2) is 16.3 Å². The topological polar surface area (TPSA) is 42.4 Å². The van der Waals surface area contributed by atoms with Crippen molar-refractivity contribution in [3.05, 3.63) is 47.8 Å². The summed E-state index contributed by atoms with van der Waals surface area (Å²) in [6.07, 6.45) is 3.67. The van der Waals surface area contributed by atoms with Crippen LogP contribution in [0.5, 0.6) is 11.5 Å². The van der Waals surface area contributed by atoms with E-state index in [1.165, 1.54) is 4.90 Å². The molecule has 0 saturated carbocycles. The fraction of sp³-hybridized carbons (Fsp3) is 0.214. The Labute approximate surface area is 111 Å². The van der Waals surface area contributed by atoms with Gasteiger partial charge in [0.2, 0.25) is 0 Å². The number of benzene rings is 1. The molecule has 18 heavy (non-hydrogen) atoms. The Hall–Kier alpha value is -1.52. The number of thioether (sulfide) groups is 1. The third kappa shape index (κ3) is 3.03. The van der Waals surface area contributed by atoms with Gasteiger partial charge in [0.05, 0.1) is 6.61 Å². The first-order chi connectivity index (χ1) is 8.72. The first-order valence-electron chi connectivity index (χ1n) is 5.61. The summed E-state index contributed by atoms with van der Waals surface area (Å²) in [6.45, 7) is 1.82. The SMILES string of the molecule is CSc1ccc(Oc2cc(C)ncc2CO)cc1. The van der Waals surface area contributed by atoms with E-state index in [0.717, 1.165) is 11.4 Å². The quantitative estimate of drug-likeness (QED) is 0.857. The van der Waals surface area contributed by atoms with Gasteiger partial charge in [-0.15, -0.1) is 11.8 Å². The summed E-state index contributed by atoms with van der Waals surface area (Å²) in [5.41, 5.74) is 1.55. The second-order valence-corrected chi connectivity index (χ2v) is 4.75. The maximum Gasteiger partial charge on any atom is 0.136 e. The van der Waals surface area contributed by atoms with Crippen molar-refractivity contribution >= 4 is 11.8 Å². The summed E-state index contributed by atoms with van der Waals surface area (Å²) in [7, 11) is 0. The Morgan fingerprint density at radius 2 is 2.00 bits per heavy atom. The van der Waals surface area contributed by atoms with Crippen LogP contribution in [0, 0.1) is 6.92 Å². The average Bonchev–Trinajstić information content (AvgIpc) is 2.40. The molecule has 3 nitrogen and oxygen atoms in total. The van der Waals surface area contributed by atoms with E-state index in [2.05, 4.69) is 4.98 Å². The Balaban J connectivity index is 2.24. The van der Waals surface area contributed by atoms with Gasteiger partial charge in [-0.1, -0.05) is 0 Å². The van der Waals surface area contributed by atoms with Crippen LogP contribution in [0.2, 0.25) is 0 Å². The highest BCUT2D eigenvalue weighted by atomic mass is 32.2. The van der Waals surface area contributed by atoms with Gasteiger partial charge in [-0.05, 0) is 37.4 Å². The molecule has 0 unspecified atom stereocenters. The van der Waals surface area contributed by atoms with Crippen molar-refractivity contribution in [1.29, 1.82) is 0 Å². The van der Waals surface area contributed by atoms with Crippen LogP contribution < -0.4 is 4.74 Å². The van der Waals surface area contributed by atoms with E-state index in [0.29, 0.717) is 11.3 Å². The number of aliphatic hydroxyl groups is 1. The first kappa shape index (κ1) is 12.9. The fourth-order valence-electron chi connectivity index (χ4n) is 1.55. The molecule has 1 aromatic heterocycles. The largest absolute Gasteiger partial charge is 0.457 e. The van der Waals surface area contributed by atoms with Gasteiger partial charge in [-0.3, -0.25) is 4.98 Å². The molecule has 1 aromatic carbocycles. The van der Waals surface area contributed by atoms with Gasteiger partial charge < -0.3 is 9.84 Å². The summed E-state index contributed by atoms with van der Waals surface area (Å²) >= 11 is 1.69. The molecule has 0 amide bonds. The van der Waals surface area contributed by atoms with Gasteiger partial charge in [0.1, 0.15) is 11.5 Å². The summed E-state index contributed by atoms with van der Waals surface area (Å²) < 4.78 is 5.77.